The molecule has 0 aliphatic carbocycles. The Morgan fingerprint density at radius 1 is 0.253 bits per heavy atom. The zero-order valence-electron chi connectivity index (χ0n) is 54.4. The fraction of sp³-hybridized carbons (Fsp3) is 0.701. The molecule has 0 N–H and O–H groups in total. The number of allylic oxidation sites excluding steroid dienone is 20. The maximum Gasteiger partial charge on any atom is 0.306 e. The van der Waals surface area contributed by atoms with Crippen LogP contribution in [-0.2, 0) is 28.6 Å². The van der Waals surface area contributed by atoms with Crippen molar-refractivity contribution in [1.29, 1.82) is 0 Å². The fourth-order valence-corrected chi connectivity index (χ4v) is 9.73. The number of unbranched alkanes of at least 4 members (excludes halogenated alkanes) is 32. The Bertz CT molecular complexity index is 1700. The normalized spacial score (nSPS) is 12.9. The van der Waals surface area contributed by atoms with Gasteiger partial charge in [0.25, 0.3) is 0 Å². The number of hydrogen-bond donors (Lipinski definition) is 0. The smallest absolute Gasteiger partial charge is 0.306 e. The lowest BCUT2D eigenvalue weighted by Gasteiger charge is -2.18. The number of esters is 3. The average Bonchev–Trinajstić information content (AvgIpc) is 3.49. The van der Waals surface area contributed by atoms with Gasteiger partial charge in [0.2, 0.25) is 0 Å². The molecule has 1 atom stereocenters. The first-order chi connectivity index (χ1) is 41.0. The standard InChI is InChI=1S/C77H130O6/c1-4-7-10-13-16-19-22-25-28-30-32-34-36-37-38-39-41-42-44-46-49-52-55-58-61-64-67-70-76(79)82-73-74(72-81-75(78)69-66-63-60-57-54-51-48-27-24-21-18-15-12-9-6-3)83-77(80)71-68-65-62-59-56-53-50-47-45-43-40-35-33-31-29-26-23-20-17-14-11-8-5-2/h7,10,16,19,23,25-26,28,31-34,37-38,41-42,46,49,55,58,74H,4-6,8-9,11-15,17-18,20-22,24,27,29-30,35-36,39-40,43-45,47-48,50-54,56-57,59-73H2,1-3H3/b10-7-,19-16-,26-23-,28-25-,33-31-,34-32-,38-37-,42-41-,49-46-,58-55-. The molecule has 0 amide bonds. The van der Waals surface area contributed by atoms with Crippen molar-refractivity contribution in [1.82, 2.24) is 0 Å². The molecule has 0 radical (unpaired) electrons. The highest BCUT2D eigenvalue weighted by Gasteiger charge is 2.19. The van der Waals surface area contributed by atoms with Gasteiger partial charge in [0.1, 0.15) is 13.2 Å². The van der Waals surface area contributed by atoms with Crippen molar-refractivity contribution in [2.24, 2.45) is 0 Å². The Morgan fingerprint density at radius 2 is 0.470 bits per heavy atom. The minimum absolute atomic E-state index is 0.0918. The molecule has 0 spiro atoms. The van der Waals surface area contributed by atoms with E-state index in [-0.39, 0.29) is 31.1 Å². The first-order valence-electron chi connectivity index (χ1n) is 35.0. The molecule has 1 unspecified atom stereocenters. The van der Waals surface area contributed by atoms with E-state index >= 15 is 0 Å². The van der Waals surface area contributed by atoms with Gasteiger partial charge in [0.15, 0.2) is 6.10 Å². The van der Waals surface area contributed by atoms with Gasteiger partial charge in [-0.05, 0) is 116 Å². The maximum absolute atomic E-state index is 13.0. The number of carbonyl (C=O) groups is 3. The molecule has 83 heavy (non-hydrogen) atoms. The van der Waals surface area contributed by atoms with Crippen molar-refractivity contribution < 1.29 is 28.6 Å². The highest BCUT2D eigenvalue weighted by molar-refractivity contribution is 5.71. The van der Waals surface area contributed by atoms with Gasteiger partial charge in [-0.3, -0.25) is 14.4 Å². The second-order valence-electron chi connectivity index (χ2n) is 23.1. The van der Waals surface area contributed by atoms with E-state index in [1.807, 2.05) is 0 Å². The third-order valence-corrected chi connectivity index (χ3v) is 15.0. The summed E-state index contributed by atoms with van der Waals surface area (Å²) in [5.74, 6) is -0.928. The Morgan fingerprint density at radius 3 is 0.759 bits per heavy atom. The molecule has 0 aliphatic heterocycles. The third-order valence-electron chi connectivity index (χ3n) is 15.0. The van der Waals surface area contributed by atoms with Crippen LogP contribution in [0.4, 0.5) is 0 Å². The number of rotatable bonds is 63. The van der Waals surface area contributed by atoms with Crippen molar-refractivity contribution in [2.45, 2.75) is 335 Å². The van der Waals surface area contributed by atoms with Gasteiger partial charge in [0.05, 0.1) is 0 Å². The second-order valence-corrected chi connectivity index (χ2v) is 23.1. The lowest BCUT2D eigenvalue weighted by Crippen LogP contribution is -2.30. The molecule has 0 saturated carbocycles. The summed E-state index contributed by atoms with van der Waals surface area (Å²) >= 11 is 0. The zero-order valence-corrected chi connectivity index (χ0v) is 54.4. The van der Waals surface area contributed by atoms with Crippen LogP contribution < -0.4 is 0 Å². The fourth-order valence-electron chi connectivity index (χ4n) is 9.73. The van der Waals surface area contributed by atoms with Gasteiger partial charge in [-0.1, -0.05) is 316 Å². The van der Waals surface area contributed by atoms with Crippen LogP contribution in [0.2, 0.25) is 0 Å². The molecule has 6 heteroatoms. The van der Waals surface area contributed by atoms with Crippen molar-refractivity contribution >= 4 is 17.9 Å². The van der Waals surface area contributed by atoms with Gasteiger partial charge in [-0.2, -0.15) is 0 Å². The topological polar surface area (TPSA) is 78.9 Å². The van der Waals surface area contributed by atoms with E-state index < -0.39 is 6.10 Å². The SMILES string of the molecule is CC/C=C\C/C=C\C/C=C\C/C=C\C/C=C\C/C=C\C/C=C\C/C=C\CCCCC(=O)OCC(COC(=O)CCCCCCCCCCCCCCCCC)OC(=O)CCCCCCCCCCCCC/C=C\C/C=C\CCCCCCC. The van der Waals surface area contributed by atoms with E-state index in [9.17, 15) is 14.4 Å². The van der Waals surface area contributed by atoms with Gasteiger partial charge < -0.3 is 14.2 Å². The van der Waals surface area contributed by atoms with E-state index in [0.29, 0.717) is 19.3 Å². The number of hydrogen-bond acceptors (Lipinski definition) is 6. The Balaban J connectivity index is 4.43. The molecule has 0 rings (SSSR count). The third kappa shape index (κ3) is 68.5. The molecule has 0 saturated heterocycles. The Kier molecular flexibility index (Phi) is 66.7. The lowest BCUT2D eigenvalue weighted by atomic mass is 10.0. The van der Waals surface area contributed by atoms with Crippen LogP contribution in [0, 0.1) is 0 Å². The summed E-state index contributed by atoms with van der Waals surface area (Å²) in [6.45, 7) is 6.51. The summed E-state index contributed by atoms with van der Waals surface area (Å²) in [5, 5.41) is 0. The quantitative estimate of drug-likeness (QED) is 0.0261. The van der Waals surface area contributed by atoms with Crippen LogP contribution in [0.1, 0.15) is 329 Å². The molecule has 0 aliphatic rings. The van der Waals surface area contributed by atoms with Crippen LogP contribution in [0.15, 0.2) is 122 Å². The molecular weight excluding hydrogens is 1020 g/mol. The predicted molar refractivity (Wildman–Crippen MR) is 362 cm³/mol. The minimum atomic E-state index is -0.801. The van der Waals surface area contributed by atoms with Gasteiger partial charge in [0, 0.05) is 19.3 Å². The van der Waals surface area contributed by atoms with E-state index in [4.69, 9.17) is 14.2 Å². The van der Waals surface area contributed by atoms with E-state index in [2.05, 4.69) is 142 Å². The van der Waals surface area contributed by atoms with Crippen molar-refractivity contribution in [3.63, 3.8) is 0 Å². The van der Waals surface area contributed by atoms with Crippen molar-refractivity contribution in [3.8, 4) is 0 Å². The summed E-state index contributed by atoms with van der Waals surface area (Å²) in [7, 11) is 0. The molecule has 0 heterocycles. The molecule has 0 fully saturated rings. The number of carbonyl (C=O) groups excluding carboxylic acids is 3. The highest BCUT2D eigenvalue weighted by Crippen LogP contribution is 2.17. The monoisotopic (exact) mass is 1150 g/mol. The van der Waals surface area contributed by atoms with Crippen molar-refractivity contribution in [2.75, 3.05) is 13.2 Å². The minimum Gasteiger partial charge on any atom is -0.462 e. The van der Waals surface area contributed by atoms with Gasteiger partial charge in [-0.25, -0.2) is 0 Å². The van der Waals surface area contributed by atoms with Crippen LogP contribution in [0.25, 0.3) is 0 Å². The second kappa shape index (κ2) is 70.3. The number of ether oxygens (including phenoxy) is 3. The van der Waals surface area contributed by atoms with Crippen LogP contribution in [0.5, 0.6) is 0 Å². The first kappa shape index (κ1) is 78.8. The summed E-state index contributed by atoms with van der Waals surface area (Å²) < 4.78 is 16.9. The van der Waals surface area contributed by atoms with Gasteiger partial charge in [-0.15, -0.1) is 0 Å². The van der Waals surface area contributed by atoms with E-state index in [1.54, 1.807) is 0 Å². The summed E-state index contributed by atoms with van der Waals surface area (Å²) in [5.41, 5.74) is 0. The average molecular weight is 1150 g/mol. The molecule has 0 aromatic carbocycles. The predicted octanol–water partition coefficient (Wildman–Crippen LogP) is 24.3. The van der Waals surface area contributed by atoms with Crippen LogP contribution in [-0.4, -0.2) is 37.2 Å². The molecule has 0 bridgehead atoms. The maximum atomic E-state index is 13.0. The first-order valence-corrected chi connectivity index (χ1v) is 35.0. The highest BCUT2D eigenvalue weighted by atomic mass is 16.6. The van der Waals surface area contributed by atoms with E-state index in [0.717, 1.165) is 116 Å². The Labute approximate surface area is 513 Å². The van der Waals surface area contributed by atoms with Crippen LogP contribution in [0.3, 0.4) is 0 Å². The molecule has 0 aromatic rings. The Hall–Kier alpha value is -4.19. The van der Waals surface area contributed by atoms with Gasteiger partial charge >= 0.3 is 17.9 Å². The summed E-state index contributed by atoms with van der Waals surface area (Å²) in [6.07, 6.45) is 97.9. The molecule has 6 nitrogen and oxygen atoms in total. The van der Waals surface area contributed by atoms with E-state index in [1.165, 1.54) is 173 Å². The molecule has 474 valence electrons. The molecular formula is C77H130O6. The van der Waals surface area contributed by atoms with Crippen molar-refractivity contribution in [3.05, 3.63) is 122 Å². The lowest BCUT2D eigenvalue weighted by molar-refractivity contribution is -0.167. The van der Waals surface area contributed by atoms with Crippen LogP contribution >= 0.6 is 0 Å². The molecule has 0 aromatic heterocycles. The largest absolute Gasteiger partial charge is 0.462 e. The summed E-state index contributed by atoms with van der Waals surface area (Å²) in [6, 6.07) is 0. The zero-order chi connectivity index (χ0) is 59.9. The summed E-state index contributed by atoms with van der Waals surface area (Å²) in [4.78, 5) is 38.4.